The summed E-state index contributed by atoms with van der Waals surface area (Å²) in [6.07, 6.45) is 1.57. The minimum atomic E-state index is -3.49. The third-order valence-electron chi connectivity index (χ3n) is 3.43. The monoisotopic (exact) mass is 347 g/mol. The Hall–Kier alpha value is -2.67. The van der Waals surface area contributed by atoms with Gasteiger partial charge in [0, 0.05) is 12.8 Å². The van der Waals surface area contributed by atoms with Crippen molar-refractivity contribution in [2.75, 3.05) is 12.8 Å². The Balaban J connectivity index is 2.00. The van der Waals surface area contributed by atoms with Crippen molar-refractivity contribution >= 4 is 21.7 Å². The summed E-state index contributed by atoms with van der Waals surface area (Å²) in [6, 6.07) is 12.4. The molecule has 2 N–H and O–H groups in total. The average Bonchev–Trinajstić information content (AvgIpc) is 2.54. The van der Waals surface area contributed by atoms with Crippen LogP contribution in [0.25, 0.3) is 0 Å². The van der Waals surface area contributed by atoms with Gasteiger partial charge in [0.25, 0.3) is 5.91 Å². The molecule has 0 saturated carbocycles. The smallest absolute Gasteiger partial charge is 0.335 e. The van der Waals surface area contributed by atoms with E-state index >= 15 is 0 Å². The first-order chi connectivity index (χ1) is 11.3. The SMILES string of the molecule is CS(=O)(=O)c1ccccc1C(=O)NCCc1ccc(C(=O)O)cc1. The first-order valence-electron chi connectivity index (χ1n) is 7.18. The van der Waals surface area contributed by atoms with Gasteiger partial charge in [-0.1, -0.05) is 24.3 Å². The van der Waals surface area contributed by atoms with E-state index in [9.17, 15) is 18.0 Å². The fraction of sp³-hybridized carbons (Fsp3) is 0.176. The zero-order chi connectivity index (χ0) is 17.7. The Morgan fingerprint density at radius 1 is 1.04 bits per heavy atom. The van der Waals surface area contributed by atoms with Gasteiger partial charge in [0.1, 0.15) is 0 Å². The number of hydrogen-bond acceptors (Lipinski definition) is 4. The lowest BCUT2D eigenvalue weighted by Gasteiger charge is -2.09. The maximum atomic E-state index is 12.2. The van der Waals surface area contributed by atoms with Gasteiger partial charge in [-0.05, 0) is 36.2 Å². The molecule has 2 rings (SSSR count). The average molecular weight is 347 g/mol. The highest BCUT2D eigenvalue weighted by Crippen LogP contribution is 2.15. The van der Waals surface area contributed by atoms with Gasteiger partial charge in [-0.2, -0.15) is 0 Å². The number of rotatable bonds is 6. The normalized spacial score (nSPS) is 11.0. The number of aromatic carboxylic acids is 1. The van der Waals surface area contributed by atoms with Crippen molar-refractivity contribution in [1.29, 1.82) is 0 Å². The van der Waals surface area contributed by atoms with Crippen LogP contribution in [0.3, 0.4) is 0 Å². The van der Waals surface area contributed by atoms with Crippen LogP contribution in [-0.4, -0.2) is 38.2 Å². The molecule has 0 spiro atoms. The number of carboxylic acids is 1. The van der Waals surface area contributed by atoms with Crippen LogP contribution in [0.5, 0.6) is 0 Å². The van der Waals surface area contributed by atoms with Crippen molar-refractivity contribution in [3.05, 3.63) is 65.2 Å². The van der Waals surface area contributed by atoms with Gasteiger partial charge >= 0.3 is 5.97 Å². The predicted octanol–water partition coefficient (Wildman–Crippen LogP) is 1.76. The summed E-state index contributed by atoms with van der Waals surface area (Å²) in [5.74, 6) is -1.45. The molecule has 0 fully saturated rings. The first kappa shape index (κ1) is 17.7. The fourth-order valence-electron chi connectivity index (χ4n) is 2.21. The van der Waals surface area contributed by atoms with Gasteiger partial charge in [0.2, 0.25) is 0 Å². The Kier molecular flexibility index (Phi) is 5.35. The van der Waals surface area contributed by atoms with Crippen LogP contribution in [0.1, 0.15) is 26.3 Å². The van der Waals surface area contributed by atoms with E-state index in [-0.39, 0.29) is 16.0 Å². The zero-order valence-electron chi connectivity index (χ0n) is 13.0. The zero-order valence-corrected chi connectivity index (χ0v) is 13.8. The second-order valence-electron chi connectivity index (χ2n) is 5.28. The van der Waals surface area contributed by atoms with Gasteiger partial charge in [-0.3, -0.25) is 4.79 Å². The summed E-state index contributed by atoms with van der Waals surface area (Å²) in [6.45, 7) is 0.309. The van der Waals surface area contributed by atoms with E-state index in [1.54, 1.807) is 24.3 Å². The molecule has 0 aliphatic carbocycles. The molecule has 0 aliphatic heterocycles. The van der Waals surface area contributed by atoms with Crippen molar-refractivity contribution < 1.29 is 23.1 Å². The Morgan fingerprint density at radius 2 is 1.67 bits per heavy atom. The topological polar surface area (TPSA) is 101 Å². The van der Waals surface area contributed by atoms with E-state index in [4.69, 9.17) is 5.11 Å². The molecule has 0 saturated heterocycles. The molecule has 0 atom stereocenters. The quantitative estimate of drug-likeness (QED) is 0.829. The van der Waals surface area contributed by atoms with E-state index in [0.717, 1.165) is 11.8 Å². The lowest BCUT2D eigenvalue weighted by Crippen LogP contribution is -2.27. The van der Waals surface area contributed by atoms with Gasteiger partial charge in [0.15, 0.2) is 9.84 Å². The van der Waals surface area contributed by atoms with Gasteiger partial charge < -0.3 is 10.4 Å². The molecule has 0 heterocycles. The third kappa shape index (κ3) is 4.42. The fourth-order valence-corrected chi connectivity index (χ4v) is 3.09. The van der Waals surface area contributed by atoms with E-state index in [1.165, 1.54) is 24.3 Å². The Labute approximate surface area is 140 Å². The highest BCUT2D eigenvalue weighted by molar-refractivity contribution is 7.90. The highest BCUT2D eigenvalue weighted by Gasteiger charge is 2.17. The second-order valence-corrected chi connectivity index (χ2v) is 7.26. The molecule has 0 bridgehead atoms. The molecular weight excluding hydrogens is 330 g/mol. The van der Waals surface area contributed by atoms with Crippen LogP contribution in [0.4, 0.5) is 0 Å². The molecule has 1 amide bonds. The standard InChI is InChI=1S/C17H17NO5S/c1-24(22,23)15-5-3-2-4-14(15)16(19)18-11-10-12-6-8-13(9-7-12)17(20)21/h2-9H,10-11H2,1H3,(H,18,19)(H,20,21). The molecule has 2 aromatic carbocycles. The largest absolute Gasteiger partial charge is 0.478 e. The Bertz CT molecular complexity index is 857. The van der Waals surface area contributed by atoms with Crippen molar-refractivity contribution in [1.82, 2.24) is 5.32 Å². The van der Waals surface area contributed by atoms with Crippen LogP contribution in [0.15, 0.2) is 53.4 Å². The summed E-state index contributed by atoms with van der Waals surface area (Å²) in [4.78, 5) is 23.0. The summed E-state index contributed by atoms with van der Waals surface area (Å²) in [7, 11) is -3.49. The molecule has 0 radical (unpaired) electrons. The van der Waals surface area contributed by atoms with Crippen LogP contribution >= 0.6 is 0 Å². The van der Waals surface area contributed by atoms with Crippen molar-refractivity contribution in [2.24, 2.45) is 0 Å². The summed E-state index contributed by atoms with van der Waals surface area (Å²) >= 11 is 0. The molecule has 0 aliphatic rings. The lowest BCUT2D eigenvalue weighted by molar-refractivity contribution is 0.0696. The number of sulfone groups is 1. The molecule has 0 unspecified atom stereocenters. The van der Waals surface area contributed by atoms with E-state index < -0.39 is 21.7 Å². The molecule has 2 aromatic rings. The number of benzene rings is 2. The van der Waals surface area contributed by atoms with Gasteiger partial charge in [-0.25, -0.2) is 13.2 Å². The number of hydrogen-bond donors (Lipinski definition) is 2. The molecular formula is C17H17NO5S. The molecule has 7 heteroatoms. The lowest BCUT2D eigenvalue weighted by atomic mass is 10.1. The molecule has 0 aromatic heterocycles. The Morgan fingerprint density at radius 3 is 2.25 bits per heavy atom. The first-order valence-corrected chi connectivity index (χ1v) is 9.07. The maximum absolute atomic E-state index is 12.2. The minimum absolute atomic E-state index is 0.00619. The number of carbonyl (C=O) groups is 2. The van der Waals surface area contributed by atoms with E-state index in [1.807, 2.05) is 0 Å². The minimum Gasteiger partial charge on any atom is -0.478 e. The molecule has 24 heavy (non-hydrogen) atoms. The summed E-state index contributed by atoms with van der Waals surface area (Å²) in [5, 5.41) is 11.5. The van der Waals surface area contributed by atoms with Crippen molar-refractivity contribution in [3.8, 4) is 0 Å². The summed E-state index contributed by atoms with van der Waals surface area (Å²) in [5.41, 5.74) is 1.18. The molecule has 126 valence electrons. The highest BCUT2D eigenvalue weighted by atomic mass is 32.2. The van der Waals surface area contributed by atoms with Crippen LogP contribution in [-0.2, 0) is 16.3 Å². The van der Waals surface area contributed by atoms with Crippen molar-refractivity contribution in [3.63, 3.8) is 0 Å². The number of carbonyl (C=O) groups excluding carboxylic acids is 1. The number of amides is 1. The number of nitrogens with one attached hydrogen (secondary N) is 1. The van der Waals surface area contributed by atoms with Gasteiger partial charge in [-0.15, -0.1) is 0 Å². The van der Waals surface area contributed by atoms with Gasteiger partial charge in [0.05, 0.1) is 16.0 Å². The number of carboxylic acid groups (broad SMARTS) is 1. The molecule has 6 nitrogen and oxygen atoms in total. The third-order valence-corrected chi connectivity index (χ3v) is 4.59. The predicted molar refractivity (Wildman–Crippen MR) is 89.0 cm³/mol. The maximum Gasteiger partial charge on any atom is 0.335 e. The van der Waals surface area contributed by atoms with Crippen molar-refractivity contribution in [2.45, 2.75) is 11.3 Å². The van der Waals surface area contributed by atoms with E-state index in [2.05, 4.69) is 5.32 Å². The van der Waals surface area contributed by atoms with E-state index in [0.29, 0.717) is 13.0 Å². The van der Waals surface area contributed by atoms with Crippen LogP contribution in [0, 0.1) is 0 Å². The van der Waals surface area contributed by atoms with Crippen LogP contribution < -0.4 is 5.32 Å². The second kappa shape index (κ2) is 7.27. The summed E-state index contributed by atoms with van der Waals surface area (Å²) < 4.78 is 23.4. The van der Waals surface area contributed by atoms with Crippen LogP contribution in [0.2, 0.25) is 0 Å².